The van der Waals surface area contributed by atoms with Gasteiger partial charge >= 0.3 is 0 Å². The standard InChI is InChI=1S/C22H25ClN4O4S/c1-13(21(29)24-10-9-14-5-8-18(30-3)19(11-14)31-4)32-22-26-25-20(27(22)2)16-12-15(23)6-7-17(16)28/h5-8,11-13,28H,9-10H2,1-4H3,(H,24,29)/t13-/m1/s1. The van der Waals surface area contributed by atoms with Gasteiger partial charge < -0.3 is 24.5 Å². The summed E-state index contributed by atoms with van der Waals surface area (Å²) in [5, 5.41) is 22.0. The predicted molar refractivity (Wildman–Crippen MR) is 125 cm³/mol. The fraction of sp³-hybridized carbons (Fsp3) is 0.318. The number of nitrogens with one attached hydrogen (secondary N) is 1. The lowest BCUT2D eigenvalue weighted by Gasteiger charge is -2.13. The van der Waals surface area contributed by atoms with Crippen LogP contribution in [0, 0.1) is 0 Å². The summed E-state index contributed by atoms with van der Waals surface area (Å²) in [6, 6.07) is 10.4. The molecule has 0 saturated heterocycles. The van der Waals surface area contributed by atoms with Gasteiger partial charge in [-0.3, -0.25) is 4.79 Å². The molecule has 0 bridgehead atoms. The number of thioether (sulfide) groups is 1. The summed E-state index contributed by atoms with van der Waals surface area (Å²) in [6.07, 6.45) is 0.658. The molecular formula is C22H25ClN4O4S. The number of carbonyl (C=O) groups excluding carboxylic acids is 1. The number of phenols is 1. The van der Waals surface area contributed by atoms with Crippen molar-refractivity contribution in [3.63, 3.8) is 0 Å². The molecule has 2 aromatic carbocycles. The van der Waals surface area contributed by atoms with Crippen LogP contribution in [-0.2, 0) is 18.3 Å². The Bertz CT molecular complexity index is 1110. The highest BCUT2D eigenvalue weighted by Gasteiger charge is 2.20. The summed E-state index contributed by atoms with van der Waals surface area (Å²) in [5.74, 6) is 1.74. The molecule has 0 spiro atoms. The number of methoxy groups -OCH3 is 2. The van der Waals surface area contributed by atoms with Crippen LogP contribution in [0.15, 0.2) is 41.6 Å². The number of aromatic nitrogens is 3. The van der Waals surface area contributed by atoms with Crippen LogP contribution in [0.25, 0.3) is 11.4 Å². The molecule has 0 aliphatic carbocycles. The number of phenolic OH excluding ortho intramolecular Hbond substituents is 1. The predicted octanol–water partition coefficient (Wildman–Crippen LogP) is 3.70. The molecule has 10 heteroatoms. The van der Waals surface area contributed by atoms with Crippen LogP contribution in [0.1, 0.15) is 12.5 Å². The van der Waals surface area contributed by atoms with E-state index in [4.69, 9.17) is 21.1 Å². The van der Waals surface area contributed by atoms with Crippen molar-refractivity contribution >= 4 is 29.3 Å². The summed E-state index contributed by atoms with van der Waals surface area (Å²) in [7, 11) is 4.96. The van der Waals surface area contributed by atoms with Crippen LogP contribution in [0.4, 0.5) is 0 Å². The first-order chi connectivity index (χ1) is 15.3. The van der Waals surface area contributed by atoms with Gasteiger partial charge in [-0.15, -0.1) is 10.2 Å². The largest absolute Gasteiger partial charge is 0.507 e. The Labute approximate surface area is 195 Å². The molecule has 170 valence electrons. The number of benzene rings is 2. The number of hydrogen-bond donors (Lipinski definition) is 2. The number of amides is 1. The minimum absolute atomic E-state index is 0.0578. The topological polar surface area (TPSA) is 98.5 Å². The molecule has 1 amide bonds. The van der Waals surface area contributed by atoms with Gasteiger partial charge in [0, 0.05) is 18.6 Å². The number of aromatic hydroxyl groups is 1. The van der Waals surface area contributed by atoms with E-state index in [0.29, 0.717) is 46.0 Å². The monoisotopic (exact) mass is 476 g/mol. The van der Waals surface area contributed by atoms with E-state index in [9.17, 15) is 9.90 Å². The molecule has 0 fully saturated rings. The smallest absolute Gasteiger partial charge is 0.233 e. The van der Waals surface area contributed by atoms with Crippen LogP contribution >= 0.6 is 23.4 Å². The second kappa shape index (κ2) is 10.6. The van der Waals surface area contributed by atoms with Gasteiger partial charge in [0.1, 0.15) is 5.75 Å². The van der Waals surface area contributed by atoms with Crippen LogP contribution < -0.4 is 14.8 Å². The van der Waals surface area contributed by atoms with Gasteiger partial charge in [-0.05, 0) is 49.2 Å². The van der Waals surface area contributed by atoms with Crippen molar-refractivity contribution in [3.8, 4) is 28.6 Å². The average molecular weight is 477 g/mol. The van der Waals surface area contributed by atoms with Gasteiger partial charge in [-0.2, -0.15) is 0 Å². The van der Waals surface area contributed by atoms with E-state index < -0.39 is 0 Å². The van der Waals surface area contributed by atoms with E-state index in [1.807, 2.05) is 25.1 Å². The van der Waals surface area contributed by atoms with E-state index in [1.165, 1.54) is 17.8 Å². The number of halogens is 1. The first-order valence-corrected chi connectivity index (χ1v) is 11.1. The Morgan fingerprint density at radius 1 is 1.19 bits per heavy atom. The summed E-state index contributed by atoms with van der Waals surface area (Å²) in [4.78, 5) is 12.6. The molecule has 0 aliphatic heterocycles. The van der Waals surface area contributed by atoms with Crippen molar-refractivity contribution < 1.29 is 19.4 Å². The molecule has 0 saturated carbocycles. The van der Waals surface area contributed by atoms with Gasteiger partial charge in [0.15, 0.2) is 22.5 Å². The number of nitrogens with zero attached hydrogens (tertiary/aromatic N) is 3. The molecule has 1 heterocycles. The number of ether oxygens (including phenoxy) is 2. The molecule has 3 aromatic rings. The Morgan fingerprint density at radius 3 is 2.66 bits per heavy atom. The SMILES string of the molecule is COc1ccc(CCNC(=O)[C@@H](C)Sc2nnc(-c3cc(Cl)ccc3O)n2C)cc1OC. The molecule has 1 aromatic heterocycles. The first kappa shape index (κ1) is 23.7. The van der Waals surface area contributed by atoms with E-state index in [0.717, 1.165) is 5.56 Å². The lowest BCUT2D eigenvalue weighted by atomic mass is 10.1. The molecule has 0 radical (unpaired) electrons. The Balaban J connectivity index is 1.58. The fourth-order valence-corrected chi connectivity index (χ4v) is 4.07. The van der Waals surface area contributed by atoms with Crippen molar-refractivity contribution in [2.24, 2.45) is 7.05 Å². The van der Waals surface area contributed by atoms with E-state index in [1.54, 1.807) is 38.0 Å². The maximum absolute atomic E-state index is 12.6. The van der Waals surface area contributed by atoms with Gasteiger partial charge in [0.25, 0.3) is 0 Å². The zero-order chi connectivity index (χ0) is 23.3. The van der Waals surface area contributed by atoms with Crippen LogP contribution in [0.2, 0.25) is 5.02 Å². The third-order valence-electron chi connectivity index (χ3n) is 4.85. The highest BCUT2D eigenvalue weighted by Crippen LogP contribution is 2.32. The van der Waals surface area contributed by atoms with Crippen molar-refractivity contribution in [2.45, 2.75) is 23.8 Å². The third kappa shape index (κ3) is 5.46. The molecule has 0 unspecified atom stereocenters. The lowest BCUT2D eigenvalue weighted by molar-refractivity contribution is -0.120. The zero-order valence-corrected chi connectivity index (χ0v) is 19.8. The summed E-state index contributed by atoms with van der Waals surface area (Å²) in [6.45, 7) is 2.29. The first-order valence-electron chi connectivity index (χ1n) is 9.87. The molecule has 2 N–H and O–H groups in total. The number of carbonyl (C=O) groups is 1. The van der Waals surface area contributed by atoms with Crippen LogP contribution in [0.5, 0.6) is 17.2 Å². The van der Waals surface area contributed by atoms with Crippen LogP contribution in [0.3, 0.4) is 0 Å². The molecule has 32 heavy (non-hydrogen) atoms. The maximum Gasteiger partial charge on any atom is 0.233 e. The molecule has 1 atom stereocenters. The highest BCUT2D eigenvalue weighted by atomic mass is 35.5. The van der Waals surface area contributed by atoms with E-state index >= 15 is 0 Å². The Kier molecular flexibility index (Phi) is 7.87. The average Bonchev–Trinajstić information content (AvgIpc) is 3.14. The van der Waals surface area contributed by atoms with Crippen molar-refractivity contribution in [1.82, 2.24) is 20.1 Å². The van der Waals surface area contributed by atoms with Gasteiger partial charge in [-0.1, -0.05) is 29.4 Å². The molecular weight excluding hydrogens is 452 g/mol. The van der Waals surface area contributed by atoms with Crippen molar-refractivity contribution in [2.75, 3.05) is 20.8 Å². The normalized spacial score (nSPS) is 11.8. The van der Waals surface area contributed by atoms with Gasteiger partial charge in [0.05, 0.1) is 25.0 Å². The molecule has 0 aliphatic rings. The summed E-state index contributed by atoms with van der Waals surface area (Å²) >= 11 is 7.32. The Hall–Kier alpha value is -2.91. The van der Waals surface area contributed by atoms with E-state index in [2.05, 4.69) is 15.5 Å². The van der Waals surface area contributed by atoms with Crippen molar-refractivity contribution in [1.29, 1.82) is 0 Å². The zero-order valence-electron chi connectivity index (χ0n) is 18.3. The fourth-order valence-electron chi connectivity index (χ4n) is 3.06. The third-order valence-corrected chi connectivity index (χ3v) is 6.22. The Morgan fingerprint density at radius 2 is 1.94 bits per heavy atom. The van der Waals surface area contributed by atoms with Gasteiger partial charge in [0.2, 0.25) is 5.91 Å². The quantitative estimate of drug-likeness (QED) is 0.454. The number of rotatable bonds is 9. The molecule has 3 rings (SSSR count). The van der Waals surface area contributed by atoms with Gasteiger partial charge in [-0.25, -0.2) is 0 Å². The minimum atomic E-state index is -0.385. The minimum Gasteiger partial charge on any atom is -0.507 e. The van der Waals surface area contributed by atoms with Crippen LogP contribution in [-0.4, -0.2) is 51.8 Å². The summed E-state index contributed by atoms with van der Waals surface area (Å²) in [5.41, 5.74) is 1.51. The second-order valence-corrected chi connectivity index (χ2v) is 8.76. The number of hydrogen-bond acceptors (Lipinski definition) is 7. The summed E-state index contributed by atoms with van der Waals surface area (Å²) < 4.78 is 12.3. The lowest BCUT2D eigenvalue weighted by Crippen LogP contribution is -2.32. The highest BCUT2D eigenvalue weighted by molar-refractivity contribution is 8.00. The van der Waals surface area contributed by atoms with Crippen molar-refractivity contribution in [3.05, 3.63) is 47.0 Å². The van der Waals surface area contributed by atoms with E-state index in [-0.39, 0.29) is 16.9 Å². The maximum atomic E-state index is 12.6. The second-order valence-electron chi connectivity index (χ2n) is 7.02. The molecule has 8 nitrogen and oxygen atoms in total.